The number of rotatable bonds is 11. The van der Waals surface area contributed by atoms with Crippen molar-refractivity contribution in [3.63, 3.8) is 0 Å². The third-order valence-electron chi connectivity index (χ3n) is 5.28. The number of imidazole rings is 1. The number of pyridine rings is 1. The van der Waals surface area contributed by atoms with Crippen molar-refractivity contribution < 1.29 is 4.79 Å². The predicted octanol–water partition coefficient (Wildman–Crippen LogP) is 7.39. The number of aromatic nitrogens is 2. The zero-order valence-corrected chi connectivity index (χ0v) is 21.4. The van der Waals surface area contributed by atoms with Gasteiger partial charge in [0, 0.05) is 29.9 Å². The summed E-state index contributed by atoms with van der Waals surface area (Å²) in [6.07, 6.45) is 6.29. The number of thioether (sulfide) groups is 1. The highest BCUT2D eigenvalue weighted by Crippen LogP contribution is 2.33. The first-order chi connectivity index (χ1) is 15.5. The van der Waals surface area contributed by atoms with E-state index in [1.165, 1.54) is 0 Å². The second-order valence-electron chi connectivity index (χ2n) is 7.89. The number of fused-ring (bicyclic) bond motifs is 1. The van der Waals surface area contributed by atoms with Crippen LogP contribution in [0.1, 0.15) is 52.1 Å². The van der Waals surface area contributed by atoms with Crippen molar-refractivity contribution in [3.8, 4) is 11.3 Å². The molecule has 1 amide bonds. The summed E-state index contributed by atoms with van der Waals surface area (Å²) in [6, 6.07) is 9.61. The minimum absolute atomic E-state index is 0.117. The van der Waals surface area contributed by atoms with Gasteiger partial charge in [-0.05, 0) is 43.2 Å². The molecule has 0 atom stereocenters. The Kier molecular flexibility index (Phi) is 9.33. The molecular weight excluding hydrogens is 461 g/mol. The molecule has 2 heterocycles. The van der Waals surface area contributed by atoms with Crippen molar-refractivity contribution in [2.24, 2.45) is 0 Å². The zero-order chi connectivity index (χ0) is 23.1. The average molecular weight is 493 g/mol. The first-order valence-electron chi connectivity index (χ1n) is 11.3. The van der Waals surface area contributed by atoms with Crippen molar-refractivity contribution in [3.05, 3.63) is 52.3 Å². The number of hydrogen-bond acceptors (Lipinski definition) is 3. The fraction of sp³-hybridized carbons (Fsp3) is 0.440. The molecule has 0 fully saturated rings. The van der Waals surface area contributed by atoms with Gasteiger partial charge in [0.2, 0.25) is 5.91 Å². The van der Waals surface area contributed by atoms with E-state index in [9.17, 15) is 4.79 Å². The Balaban J connectivity index is 2.11. The fourth-order valence-corrected chi connectivity index (χ4v) is 5.26. The smallest absolute Gasteiger partial charge is 0.228 e. The van der Waals surface area contributed by atoms with Crippen LogP contribution in [0.25, 0.3) is 16.9 Å². The number of unbranched alkanes of at least 4 members (excludes halogenated alkanes) is 1. The van der Waals surface area contributed by atoms with Gasteiger partial charge in [-0.3, -0.25) is 4.79 Å². The molecule has 172 valence electrons. The van der Waals surface area contributed by atoms with E-state index in [0.29, 0.717) is 10.0 Å². The molecule has 32 heavy (non-hydrogen) atoms. The summed E-state index contributed by atoms with van der Waals surface area (Å²) < 4.78 is 2.01. The molecule has 0 spiro atoms. The minimum Gasteiger partial charge on any atom is -0.342 e. The highest BCUT2D eigenvalue weighted by molar-refractivity contribution is 7.99. The normalized spacial score (nSPS) is 11.3. The lowest BCUT2D eigenvalue weighted by molar-refractivity contribution is -0.130. The Morgan fingerprint density at radius 1 is 1.03 bits per heavy atom. The number of halogens is 2. The Labute approximate surface area is 205 Å². The molecule has 0 saturated heterocycles. The van der Waals surface area contributed by atoms with Crippen molar-refractivity contribution >= 4 is 46.5 Å². The minimum atomic E-state index is 0.117. The van der Waals surface area contributed by atoms with Gasteiger partial charge in [0.15, 0.2) is 5.65 Å². The van der Waals surface area contributed by atoms with Crippen LogP contribution < -0.4 is 0 Å². The van der Waals surface area contributed by atoms with Gasteiger partial charge in [0.25, 0.3) is 0 Å². The first kappa shape index (κ1) is 24.9. The maximum Gasteiger partial charge on any atom is 0.228 e. The second kappa shape index (κ2) is 12.0. The van der Waals surface area contributed by atoms with E-state index < -0.39 is 0 Å². The van der Waals surface area contributed by atoms with Crippen LogP contribution in [-0.2, 0) is 11.2 Å². The second-order valence-corrected chi connectivity index (χ2v) is 9.90. The number of carbonyl (C=O) groups is 1. The summed E-state index contributed by atoms with van der Waals surface area (Å²) in [4.78, 5) is 21.3. The van der Waals surface area contributed by atoms with Crippen molar-refractivity contribution in [2.75, 3.05) is 18.8 Å². The number of benzene rings is 1. The molecule has 0 N–H and O–H groups in total. The van der Waals surface area contributed by atoms with Gasteiger partial charge in [-0.15, -0.1) is 11.8 Å². The Morgan fingerprint density at radius 3 is 2.34 bits per heavy atom. The average Bonchev–Trinajstić information content (AvgIpc) is 3.12. The number of amides is 1. The van der Waals surface area contributed by atoms with Gasteiger partial charge >= 0.3 is 0 Å². The number of nitrogens with zero attached hydrogens (tertiary/aromatic N) is 3. The highest BCUT2D eigenvalue weighted by Gasteiger charge is 2.22. The van der Waals surface area contributed by atoms with Gasteiger partial charge in [0.05, 0.1) is 27.7 Å². The van der Waals surface area contributed by atoms with Crippen LogP contribution in [-0.4, -0.2) is 39.0 Å². The molecule has 1 aromatic carbocycles. The molecule has 3 rings (SSSR count). The molecule has 0 aliphatic rings. The van der Waals surface area contributed by atoms with Gasteiger partial charge in [-0.25, -0.2) is 4.98 Å². The van der Waals surface area contributed by atoms with Crippen LogP contribution in [0.3, 0.4) is 0 Å². The maximum atomic E-state index is 13.3. The van der Waals surface area contributed by atoms with E-state index in [1.807, 2.05) is 45.8 Å². The highest BCUT2D eigenvalue weighted by atomic mass is 35.5. The maximum absolute atomic E-state index is 13.3. The van der Waals surface area contributed by atoms with E-state index in [2.05, 4.69) is 20.8 Å². The SMILES string of the molecule is CCCCSc1cc(Cl)cn2c(CC(=O)N(CCC)CCC)c(-c3ccc(Cl)cc3)nc12. The van der Waals surface area contributed by atoms with Crippen LogP contribution in [0, 0.1) is 0 Å². The van der Waals surface area contributed by atoms with E-state index in [4.69, 9.17) is 28.2 Å². The molecule has 0 radical (unpaired) electrons. The van der Waals surface area contributed by atoms with Gasteiger partial charge < -0.3 is 9.30 Å². The largest absolute Gasteiger partial charge is 0.342 e. The zero-order valence-electron chi connectivity index (χ0n) is 19.0. The molecular formula is C25H31Cl2N3OS. The fourth-order valence-electron chi connectivity index (χ4n) is 3.73. The molecule has 3 aromatic rings. The van der Waals surface area contributed by atoms with E-state index in [0.717, 1.165) is 72.0 Å². The first-order valence-corrected chi connectivity index (χ1v) is 13.1. The van der Waals surface area contributed by atoms with Crippen LogP contribution in [0.15, 0.2) is 41.4 Å². The van der Waals surface area contributed by atoms with Gasteiger partial charge in [-0.1, -0.05) is 62.5 Å². The molecule has 0 bridgehead atoms. The quantitative estimate of drug-likeness (QED) is 0.207. The summed E-state index contributed by atoms with van der Waals surface area (Å²) in [7, 11) is 0. The molecule has 2 aromatic heterocycles. The van der Waals surface area contributed by atoms with Crippen molar-refractivity contribution in [1.82, 2.24) is 14.3 Å². The van der Waals surface area contributed by atoms with E-state index >= 15 is 0 Å². The van der Waals surface area contributed by atoms with Crippen LogP contribution in [0.2, 0.25) is 10.0 Å². The molecule has 0 aliphatic heterocycles. The molecule has 0 unspecified atom stereocenters. The third-order valence-corrected chi connectivity index (χ3v) is 6.85. The summed E-state index contributed by atoms with van der Waals surface area (Å²) in [6.45, 7) is 7.91. The van der Waals surface area contributed by atoms with Crippen LogP contribution in [0.4, 0.5) is 0 Å². The number of hydrogen-bond donors (Lipinski definition) is 0. The van der Waals surface area contributed by atoms with Crippen molar-refractivity contribution in [1.29, 1.82) is 0 Å². The Bertz CT molecular complexity index is 1040. The predicted molar refractivity (Wildman–Crippen MR) is 137 cm³/mol. The summed E-state index contributed by atoms with van der Waals surface area (Å²) in [5, 5.41) is 1.32. The van der Waals surface area contributed by atoms with Crippen LogP contribution in [0.5, 0.6) is 0 Å². The van der Waals surface area contributed by atoms with E-state index in [-0.39, 0.29) is 12.3 Å². The van der Waals surface area contributed by atoms with Crippen LogP contribution >= 0.6 is 35.0 Å². The van der Waals surface area contributed by atoms with Crippen molar-refractivity contribution in [2.45, 2.75) is 57.8 Å². The monoisotopic (exact) mass is 491 g/mol. The molecule has 4 nitrogen and oxygen atoms in total. The summed E-state index contributed by atoms with van der Waals surface area (Å²) in [5.74, 6) is 1.12. The Hall–Kier alpha value is -1.69. The molecule has 0 saturated carbocycles. The summed E-state index contributed by atoms with van der Waals surface area (Å²) in [5.41, 5.74) is 3.46. The molecule has 0 aliphatic carbocycles. The lowest BCUT2D eigenvalue weighted by Crippen LogP contribution is -2.34. The summed E-state index contributed by atoms with van der Waals surface area (Å²) >= 11 is 14.4. The van der Waals surface area contributed by atoms with Gasteiger partial charge in [0.1, 0.15) is 0 Å². The lowest BCUT2D eigenvalue weighted by atomic mass is 10.1. The standard InChI is InChI=1S/C25H31Cl2N3OS/c1-4-7-14-32-22-15-20(27)17-30-21(16-23(31)29(12-5-2)13-6-3)24(28-25(22)30)18-8-10-19(26)11-9-18/h8-11,15,17H,4-7,12-14,16H2,1-3H3. The lowest BCUT2D eigenvalue weighted by Gasteiger charge is -2.21. The third kappa shape index (κ3) is 6.00. The van der Waals surface area contributed by atoms with E-state index in [1.54, 1.807) is 11.8 Å². The van der Waals surface area contributed by atoms with Gasteiger partial charge in [-0.2, -0.15) is 0 Å². The Morgan fingerprint density at radius 2 is 1.72 bits per heavy atom. The molecule has 7 heteroatoms. The number of carbonyl (C=O) groups excluding carboxylic acids is 1. The topological polar surface area (TPSA) is 37.6 Å².